The maximum absolute atomic E-state index is 10.1. The minimum absolute atomic E-state index is 0. The fraction of sp³-hybridized carbons (Fsp3) is 0.833. The normalized spacial score (nSPS) is 8.44. The first-order valence-corrected chi connectivity index (χ1v) is 2.76. The van der Waals surface area contributed by atoms with Crippen molar-refractivity contribution < 1.29 is 9.53 Å². The van der Waals surface area contributed by atoms with E-state index < -0.39 is 0 Å². The molecule has 0 bridgehead atoms. The summed E-state index contributed by atoms with van der Waals surface area (Å²) in [4.78, 5) is 10.1. The van der Waals surface area contributed by atoms with Gasteiger partial charge in [-0.15, -0.1) is 12.4 Å². The first kappa shape index (κ1) is 11.5. The molecule has 0 aromatic heterocycles. The molecule has 0 saturated carbocycles. The van der Waals surface area contributed by atoms with E-state index in [1.165, 1.54) is 6.92 Å². The lowest BCUT2D eigenvalue weighted by Crippen LogP contribution is -2.05. The van der Waals surface area contributed by atoms with Crippen molar-refractivity contribution in [3.8, 4) is 0 Å². The predicted octanol–water partition coefficient (Wildman–Crippen LogP) is 1.63. The monoisotopic (exact) mass is 152 g/mol. The summed E-state index contributed by atoms with van der Waals surface area (Å²) in [6.45, 7) is 5.96. The fourth-order valence-electron chi connectivity index (χ4n) is 0.284. The maximum atomic E-state index is 10.1. The van der Waals surface area contributed by atoms with Crippen LogP contribution in [0.4, 0.5) is 0 Å². The van der Waals surface area contributed by atoms with Crippen LogP contribution in [0.5, 0.6) is 0 Å². The van der Waals surface area contributed by atoms with Gasteiger partial charge in [0, 0.05) is 6.92 Å². The molecule has 0 rings (SSSR count). The van der Waals surface area contributed by atoms with E-state index in [-0.39, 0.29) is 18.4 Å². The average molecular weight is 153 g/mol. The molecule has 0 aliphatic rings. The topological polar surface area (TPSA) is 26.3 Å². The quantitative estimate of drug-likeness (QED) is 0.563. The molecule has 0 fully saturated rings. The third-order valence-corrected chi connectivity index (χ3v) is 0.620. The van der Waals surface area contributed by atoms with Crippen LogP contribution in [0.25, 0.3) is 0 Å². The molecule has 2 nitrogen and oxygen atoms in total. The predicted molar refractivity (Wildman–Crippen MR) is 38.7 cm³/mol. The van der Waals surface area contributed by atoms with E-state index in [1.807, 2.05) is 13.8 Å². The van der Waals surface area contributed by atoms with Crippen molar-refractivity contribution in [2.24, 2.45) is 5.92 Å². The molecule has 0 aliphatic carbocycles. The molecule has 0 atom stereocenters. The number of carbonyl (C=O) groups excluding carboxylic acids is 1. The Bertz CT molecular complexity index is 81.1. The second-order valence-electron chi connectivity index (χ2n) is 2.20. The zero-order chi connectivity index (χ0) is 6.57. The van der Waals surface area contributed by atoms with Crippen molar-refractivity contribution in [1.82, 2.24) is 0 Å². The van der Waals surface area contributed by atoms with E-state index in [0.717, 1.165) is 0 Å². The van der Waals surface area contributed by atoms with E-state index in [2.05, 4.69) is 4.74 Å². The lowest BCUT2D eigenvalue weighted by Gasteiger charge is -2.02. The molecule has 0 N–H and O–H groups in total. The van der Waals surface area contributed by atoms with E-state index in [1.54, 1.807) is 0 Å². The minimum atomic E-state index is -0.196. The largest absolute Gasteiger partial charge is 0.466 e. The summed E-state index contributed by atoms with van der Waals surface area (Å²) < 4.78 is 4.66. The third-order valence-electron chi connectivity index (χ3n) is 0.620. The second kappa shape index (κ2) is 5.89. The summed E-state index contributed by atoms with van der Waals surface area (Å²) in [6.07, 6.45) is 0. The van der Waals surface area contributed by atoms with Crippen LogP contribution >= 0.6 is 12.4 Å². The Morgan fingerprint density at radius 3 is 2.11 bits per heavy atom. The van der Waals surface area contributed by atoms with Gasteiger partial charge >= 0.3 is 5.97 Å². The van der Waals surface area contributed by atoms with Crippen LogP contribution < -0.4 is 0 Å². The lowest BCUT2D eigenvalue weighted by molar-refractivity contribution is -0.141. The number of ether oxygens (including phenoxy) is 1. The van der Waals surface area contributed by atoms with Gasteiger partial charge in [-0.05, 0) is 5.92 Å². The van der Waals surface area contributed by atoms with Crippen LogP contribution in [-0.2, 0) is 9.53 Å². The number of esters is 1. The van der Waals surface area contributed by atoms with Crippen LogP contribution in [0.2, 0.25) is 0 Å². The van der Waals surface area contributed by atoms with Gasteiger partial charge in [0.2, 0.25) is 0 Å². The van der Waals surface area contributed by atoms with Gasteiger partial charge < -0.3 is 4.74 Å². The molecule has 0 aliphatic heterocycles. The lowest BCUT2D eigenvalue weighted by atomic mass is 10.2. The van der Waals surface area contributed by atoms with E-state index in [4.69, 9.17) is 0 Å². The number of hydrogen-bond donors (Lipinski definition) is 0. The minimum Gasteiger partial charge on any atom is -0.466 e. The molecule has 9 heavy (non-hydrogen) atoms. The number of rotatable bonds is 2. The standard InChI is InChI=1S/C6H12O2.ClH/c1-5(2)4-8-6(3)7;/h5H,4H2,1-3H3;1H. The second-order valence-corrected chi connectivity index (χ2v) is 2.20. The van der Waals surface area contributed by atoms with Crippen molar-refractivity contribution >= 4 is 18.4 Å². The fourth-order valence-corrected chi connectivity index (χ4v) is 0.284. The molecule has 0 saturated heterocycles. The molecule has 3 heteroatoms. The summed E-state index contributed by atoms with van der Waals surface area (Å²) in [5.74, 6) is 0.248. The van der Waals surface area contributed by atoms with Crippen molar-refractivity contribution in [3.63, 3.8) is 0 Å². The Kier molecular flexibility index (Phi) is 7.55. The molecule has 56 valence electrons. The number of halogens is 1. The maximum Gasteiger partial charge on any atom is 0.302 e. The highest BCUT2D eigenvalue weighted by atomic mass is 35.5. The van der Waals surface area contributed by atoms with Crippen molar-refractivity contribution in [3.05, 3.63) is 0 Å². The molecule has 0 aromatic carbocycles. The summed E-state index contributed by atoms with van der Waals surface area (Å²) in [7, 11) is 0. The summed E-state index contributed by atoms with van der Waals surface area (Å²) >= 11 is 0. The van der Waals surface area contributed by atoms with Gasteiger partial charge in [-0.3, -0.25) is 4.79 Å². The zero-order valence-corrected chi connectivity index (χ0v) is 6.83. The summed E-state index contributed by atoms with van der Waals surface area (Å²) in [5.41, 5.74) is 0. The van der Waals surface area contributed by atoms with Crippen LogP contribution in [0.15, 0.2) is 0 Å². The van der Waals surface area contributed by atoms with Crippen LogP contribution in [0.3, 0.4) is 0 Å². The van der Waals surface area contributed by atoms with Crippen molar-refractivity contribution in [2.75, 3.05) is 6.61 Å². The van der Waals surface area contributed by atoms with E-state index >= 15 is 0 Å². The van der Waals surface area contributed by atoms with E-state index in [9.17, 15) is 4.79 Å². The number of hydrogen-bond acceptors (Lipinski definition) is 2. The molecule has 0 amide bonds. The van der Waals surface area contributed by atoms with Crippen molar-refractivity contribution in [2.45, 2.75) is 20.8 Å². The van der Waals surface area contributed by atoms with Crippen LogP contribution in [0.1, 0.15) is 20.8 Å². The van der Waals surface area contributed by atoms with Crippen LogP contribution in [-0.4, -0.2) is 12.6 Å². The molecule has 0 heterocycles. The van der Waals surface area contributed by atoms with Gasteiger partial charge in [-0.1, -0.05) is 13.8 Å². The molecule has 0 spiro atoms. The Balaban J connectivity index is 0. The zero-order valence-electron chi connectivity index (χ0n) is 6.01. The third kappa shape index (κ3) is 11.4. The Morgan fingerprint density at radius 2 is 2.00 bits per heavy atom. The van der Waals surface area contributed by atoms with Gasteiger partial charge in [0.1, 0.15) is 0 Å². The van der Waals surface area contributed by atoms with Crippen molar-refractivity contribution in [1.29, 1.82) is 0 Å². The first-order chi connectivity index (χ1) is 3.63. The average Bonchev–Trinajstić information content (AvgIpc) is 1.61. The molecule has 0 radical (unpaired) electrons. The Labute approximate surface area is 62.0 Å². The highest BCUT2D eigenvalue weighted by Crippen LogP contribution is 1.91. The Hall–Kier alpha value is -0.240. The molecular weight excluding hydrogens is 140 g/mol. The molecular formula is C6H13ClO2. The van der Waals surface area contributed by atoms with Gasteiger partial charge in [-0.25, -0.2) is 0 Å². The highest BCUT2D eigenvalue weighted by molar-refractivity contribution is 5.85. The summed E-state index contributed by atoms with van der Waals surface area (Å²) in [6, 6.07) is 0. The number of carbonyl (C=O) groups is 1. The van der Waals surface area contributed by atoms with Gasteiger partial charge in [0.05, 0.1) is 6.61 Å². The van der Waals surface area contributed by atoms with Gasteiger partial charge in [-0.2, -0.15) is 0 Å². The Morgan fingerprint density at radius 1 is 1.56 bits per heavy atom. The summed E-state index contributed by atoms with van der Waals surface area (Å²) in [5, 5.41) is 0. The van der Waals surface area contributed by atoms with Gasteiger partial charge in [0.15, 0.2) is 0 Å². The van der Waals surface area contributed by atoms with Crippen LogP contribution in [0, 0.1) is 5.92 Å². The smallest absolute Gasteiger partial charge is 0.302 e. The SMILES string of the molecule is CC(=O)OCC(C)C.Cl. The van der Waals surface area contributed by atoms with Gasteiger partial charge in [0.25, 0.3) is 0 Å². The first-order valence-electron chi connectivity index (χ1n) is 2.76. The van der Waals surface area contributed by atoms with E-state index in [0.29, 0.717) is 12.5 Å². The molecule has 0 unspecified atom stereocenters. The molecule has 0 aromatic rings. The highest BCUT2D eigenvalue weighted by Gasteiger charge is 1.94.